The van der Waals surface area contributed by atoms with Crippen LogP contribution in [0.2, 0.25) is 0 Å². The molecule has 114 valence electrons. The van der Waals surface area contributed by atoms with Crippen LogP contribution in [0.25, 0.3) is 0 Å². The first-order valence-electron chi connectivity index (χ1n) is 6.90. The number of methoxy groups -OCH3 is 1. The predicted molar refractivity (Wildman–Crippen MR) is 73.9 cm³/mol. The Morgan fingerprint density at radius 2 is 1.85 bits per heavy atom. The average Bonchev–Trinajstić information content (AvgIpc) is 2.41. The van der Waals surface area contributed by atoms with Crippen molar-refractivity contribution in [1.29, 1.82) is 0 Å². The fraction of sp³-hybridized carbons (Fsp3) is 0.600. The SMILES string of the molecule is CCCNC(CCCC(F)(F)F)c1ccc(OC)cc1. The zero-order valence-electron chi connectivity index (χ0n) is 12.0. The molecule has 1 rings (SSSR count). The topological polar surface area (TPSA) is 21.3 Å². The maximum Gasteiger partial charge on any atom is 0.389 e. The minimum Gasteiger partial charge on any atom is -0.497 e. The van der Waals surface area contributed by atoms with Gasteiger partial charge in [-0.25, -0.2) is 0 Å². The highest BCUT2D eigenvalue weighted by Gasteiger charge is 2.26. The molecule has 0 aliphatic carbocycles. The number of hydrogen-bond acceptors (Lipinski definition) is 2. The van der Waals surface area contributed by atoms with Crippen LogP contribution in [0.3, 0.4) is 0 Å². The number of alkyl halides is 3. The number of benzene rings is 1. The van der Waals surface area contributed by atoms with E-state index in [-0.39, 0.29) is 12.5 Å². The maximum atomic E-state index is 12.2. The van der Waals surface area contributed by atoms with Crippen molar-refractivity contribution in [3.05, 3.63) is 29.8 Å². The van der Waals surface area contributed by atoms with Crippen LogP contribution in [-0.2, 0) is 0 Å². The summed E-state index contributed by atoms with van der Waals surface area (Å²) < 4.78 is 41.8. The van der Waals surface area contributed by atoms with E-state index in [0.29, 0.717) is 6.42 Å². The Labute approximate surface area is 118 Å². The van der Waals surface area contributed by atoms with Gasteiger partial charge in [0.05, 0.1) is 7.11 Å². The summed E-state index contributed by atoms with van der Waals surface area (Å²) >= 11 is 0. The van der Waals surface area contributed by atoms with Crippen molar-refractivity contribution < 1.29 is 17.9 Å². The van der Waals surface area contributed by atoms with Crippen LogP contribution in [0.1, 0.15) is 44.2 Å². The van der Waals surface area contributed by atoms with E-state index < -0.39 is 12.6 Å². The fourth-order valence-corrected chi connectivity index (χ4v) is 2.05. The van der Waals surface area contributed by atoms with Crippen molar-refractivity contribution in [2.24, 2.45) is 0 Å². The fourth-order valence-electron chi connectivity index (χ4n) is 2.05. The summed E-state index contributed by atoms with van der Waals surface area (Å²) in [7, 11) is 1.59. The Morgan fingerprint density at radius 3 is 2.35 bits per heavy atom. The second-order valence-corrected chi connectivity index (χ2v) is 4.79. The number of nitrogens with one attached hydrogen (secondary N) is 1. The van der Waals surface area contributed by atoms with Crippen LogP contribution in [0.15, 0.2) is 24.3 Å². The second kappa shape index (κ2) is 8.15. The lowest BCUT2D eigenvalue weighted by molar-refractivity contribution is -0.135. The Kier molecular flexibility index (Phi) is 6.85. The lowest BCUT2D eigenvalue weighted by atomic mass is 10.0. The largest absolute Gasteiger partial charge is 0.497 e. The molecule has 0 amide bonds. The van der Waals surface area contributed by atoms with Crippen molar-refractivity contribution in [2.75, 3.05) is 13.7 Å². The molecule has 0 radical (unpaired) electrons. The Bertz CT molecular complexity index is 376. The summed E-state index contributed by atoms with van der Waals surface area (Å²) in [6, 6.07) is 7.43. The van der Waals surface area contributed by atoms with Crippen LogP contribution >= 0.6 is 0 Å². The van der Waals surface area contributed by atoms with Crippen LogP contribution in [0.5, 0.6) is 5.75 Å². The highest BCUT2D eigenvalue weighted by Crippen LogP contribution is 2.27. The molecule has 0 bridgehead atoms. The zero-order valence-corrected chi connectivity index (χ0v) is 12.0. The second-order valence-electron chi connectivity index (χ2n) is 4.79. The van der Waals surface area contributed by atoms with Gasteiger partial charge < -0.3 is 10.1 Å². The van der Waals surface area contributed by atoms with Crippen molar-refractivity contribution in [1.82, 2.24) is 5.32 Å². The molecule has 5 heteroatoms. The normalized spacial score (nSPS) is 13.2. The van der Waals surface area contributed by atoms with Gasteiger partial charge in [0.1, 0.15) is 5.75 Å². The molecule has 1 N–H and O–H groups in total. The molecule has 20 heavy (non-hydrogen) atoms. The van der Waals surface area contributed by atoms with E-state index >= 15 is 0 Å². The molecule has 2 nitrogen and oxygen atoms in total. The van der Waals surface area contributed by atoms with E-state index in [9.17, 15) is 13.2 Å². The summed E-state index contributed by atoms with van der Waals surface area (Å²) in [6.07, 6.45) is -3.24. The van der Waals surface area contributed by atoms with Crippen LogP contribution in [0.4, 0.5) is 13.2 Å². The Morgan fingerprint density at radius 1 is 1.20 bits per heavy atom. The van der Waals surface area contributed by atoms with Gasteiger partial charge in [-0.05, 0) is 43.5 Å². The molecule has 0 fully saturated rings. The molecule has 1 aromatic carbocycles. The first-order valence-corrected chi connectivity index (χ1v) is 6.90. The average molecular weight is 289 g/mol. The maximum absolute atomic E-state index is 12.2. The summed E-state index contributed by atoms with van der Waals surface area (Å²) in [4.78, 5) is 0. The van der Waals surface area contributed by atoms with E-state index in [1.807, 2.05) is 31.2 Å². The van der Waals surface area contributed by atoms with Gasteiger partial charge >= 0.3 is 6.18 Å². The molecular weight excluding hydrogens is 267 g/mol. The molecule has 0 saturated heterocycles. The van der Waals surface area contributed by atoms with Gasteiger partial charge in [-0.15, -0.1) is 0 Å². The first kappa shape index (κ1) is 16.8. The smallest absolute Gasteiger partial charge is 0.389 e. The van der Waals surface area contributed by atoms with Gasteiger partial charge in [-0.1, -0.05) is 19.1 Å². The minimum absolute atomic E-state index is 0.0387. The Hall–Kier alpha value is -1.23. The van der Waals surface area contributed by atoms with Gasteiger partial charge in [0.15, 0.2) is 0 Å². The van der Waals surface area contributed by atoms with Crippen molar-refractivity contribution >= 4 is 0 Å². The molecule has 0 saturated carbocycles. The Balaban J connectivity index is 2.62. The third-order valence-corrected chi connectivity index (χ3v) is 3.11. The third kappa shape index (κ3) is 6.28. The summed E-state index contributed by atoms with van der Waals surface area (Å²) in [5.74, 6) is 0.748. The molecule has 1 aromatic rings. The molecule has 1 unspecified atom stereocenters. The minimum atomic E-state index is -4.07. The van der Waals surface area contributed by atoms with Gasteiger partial charge in [-0.3, -0.25) is 0 Å². The highest BCUT2D eigenvalue weighted by atomic mass is 19.4. The number of hydrogen-bond donors (Lipinski definition) is 1. The van der Waals surface area contributed by atoms with Crippen molar-refractivity contribution in [2.45, 2.75) is 44.8 Å². The van der Waals surface area contributed by atoms with Crippen molar-refractivity contribution in [3.8, 4) is 5.75 Å². The van der Waals surface area contributed by atoms with Gasteiger partial charge in [0.2, 0.25) is 0 Å². The van der Waals surface area contributed by atoms with E-state index in [4.69, 9.17) is 4.74 Å². The number of halogens is 3. The van der Waals surface area contributed by atoms with Gasteiger partial charge in [0.25, 0.3) is 0 Å². The van der Waals surface area contributed by atoms with Gasteiger partial charge in [-0.2, -0.15) is 13.2 Å². The lowest BCUT2D eigenvalue weighted by Crippen LogP contribution is -2.22. The summed E-state index contributed by atoms with van der Waals surface area (Å²) in [6.45, 7) is 2.83. The van der Waals surface area contributed by atoms with E-state index in [2.05, 4.69) is 5.32 Å². The summed E-state index contributed by atoms with van der Waals surface area (Å²) in [5.41, 5.74) is 1.00. The molecule has 0 aliphatic rings. The summed E-state index contributed by atoms with van der Waals surface area (Å²) in [5, 5.41) is 3.30. The molecule has 1 atom stereocenters. The monoisotopic (exact) mass is 289 g/mol. The van der Waals surface area contributed by atoms with Crippen LogP contribution < -0.4 is 10.1 Å². The predicted octanol–water partition coefficient (Wildman–Crippen LogP) is 4.47. The molecule has 0 spiro atoms. The molecular formula is C15H22F3NO. The van der Waals surface area contributed by atoms with Crippen LogP contribution in [0, 0.1) is 0 Å². The van der Waals surface area contributed by atoms with Gasteiger partial charge in [0, 0.05) is 12.5 Å². The van der Waals surface area contributed by atoms with Crippen LogP contribution in [-0.4, -0.2) is 19.8 Å². The molecule has 0 aliphatic heterocycles. The quantitative estimate of drug-likeness (QED) is 0.762. The highest BCUT2D eigenvalue weighted by molar-refractivity contribution is 5.29. The lowest BCUT2D eigenvalue weighted by Gasteiger charge is -2.19. The molecule has 0 heterocycles. The van der Waals surface area contributed by atoms with E-state index in [0.717, 1.165) is 24.3 Å². The van der Waals surface area contributed by atoms with E-state index in [1.54, 1.807) is 7.11 Å². The first-order chi connectivity index (χ1) is 9.46. The molecule has 0 aromatic heterocycles. The standard InChI is InChI=1S/C15H22F3NO/c1-3-11-19-14(5-4-10-15(16,17)18)12-6-8-13(20-2)9-7-12/h6-9,14,19H,3-5,10-11H2,1-2H3. The van der Waals surface area contributed by atoms with Crippen molar-refractivity contribution in [3.63, 3.8) is 0 Å². The zero-order chi connectivity index (χ0) is 15.0. The third-order valence-electron chi connectivity index (χ3n) is 3.11. The van der Waals surface area contributed by atoms with E-state index in [1.165, 1.54) is 0 Å². The number of rotatable bonds is 8. The number of ether oxygens (including phenoxy) is 1.